The summed E-state index contributed by atoms with van der Waals surface area (Å²) in [5.74, 6) is -0.209. The Bertz CT molecular complexity index is 613. The molecule has 2 aromatic rings. The normalized spacial score (nSPS) is 10.3. The Balaban J connectivity index is 2.23. The summed E-state index contributed by atoms with van der Waals surface area (Å²) in [4.78, 5) is 12.2. The summed E-state index contributed by atoms with van der Waals surface area (Å²) < 4.78 is 0.823. The molecule has 98 valence electrons. The number of nitrogens with one attached hydrogen (secondary N) is 1. The number of anilines is 1. The SMILES string of the molecule is CCc1cccc(NC(=O)c2cc(Br)ccc2Cl)c1. The standard InChI is InChI=1S/C15H13BrClNO/c1-2-10-4-3-5-12(8-10)18-15(19)13-9-11(16)6-7-14(13)17/h3-9H,2H2,1H3,(H,18,19). The van der Waals surface area contributed by atoms with Gasteiger partial charge in [0.05, 0.1) is 10.6 Å². The monoisotopic (exact) mass is 337 g/mol. The third-order valence-corrected chi connectivity index (χ3v) is 3.59. The Hall–Kier alpha value is -1.32. The van der Waals surface area contributed by atoms with Crippen LogP contribution in [0.25, 0.3) is 0 Å². The van der Waals surface area contributed by atoms with Gasteiger partial charge in [-0.05, 0) is 42.3 Å². The Morgan fingerprint density at radius 3 is 2.79 bits per heavy atom. The Kier molecular flexibility index (Phi) is 4.61. The summed E-state index contributed by atoms with van der Waals surface area (Å²) >= 11 is 9.37. The summed E-state index contributed by atoms with van der Waals surface area (Å²) in [6, 6.07) is 13.0. The highest BCUT2D eigenvalue weighted by atomic mass is 79.9. The van der Waals surface area contributed by atoms with Gasteiger partial charge in [0.1, 0.15) is 0 Å². The highest BCUT2D eigenvalue weighted by Gasteiger charge is 2.11. The molecule has 0 aliphatic carbocycles. The molecule has 2 rings (SSSR count). The molecular weight excluding hydrogens is 326 g/mol. The summed E-state index contributed by atoms with van der Waals surface area (Å²) in [7, 11) is 0. The van der Waals surface area contributed by atoms with E-state index in [9.17, 15) is 4.79 Å². The Morgan fingerprint density at radius 1 is 1.26 bits per heavy atom. The number of carbonyl (C=O) groups excluding carboxylic acids is 1. The van der Waals surface area contributed by atoms with Crippen LogP contribution in [0.1, 0.15) is 22.8 Å². The van der Waals surface area contributed by atoms with Crippen molar-refractivity contribution in [3.05, 3.63) is 63.1 Å². The zero-order chi connectivity index (χ0) is 13.8. The van der Waals surface area contributed by atoms with Gasteiger partial charge in [0.15, 0.2) is 0 Å². The minimum atomic E-state index is -0.209. The number of benzene rings is 2. The van der Waals surface area contributed by atoms with Crippen molar-refractivity contribution in [3.63, 3.8) is 0 Å². The molecule has 0 radical (unpaired) electrons. The number of rotatable bonds is 3. The van der Waals surface area contributed by atoms with Crippen molar-refractivity contribution < 1.29 is 4.79 Å². The molecule has 2 nitrogen and oxygen atoms in total. The molecule has 0 aliphatic rings. The van der Waals surface area contributed by atoms with E-state index in [1.807, 2.05) is 24.3 Å². The lowest BCUT2D eigenvalue weighted by Crippen LogP contribution is -2.12. The molecular formula is C15H13BrClNO. The highest BCUT2D eigenvalue weighted by Crippen LogP contribution is 2.22. The van der Waals surface area contributed by atoms with E-state index in [1.54, 1.807) is 18.2 Å². The molecule has 1 N–H and O–H groups in total. The van der Waals surface area contributed by atoms with Crippen molar-refractivity contribution in [2.45, 2.75) is 13.3 Å². The summed E-state index contributed by atoms with van der Waals surface area (Å²) in [5, 5.41) is 3.29. The predicted molar refractivity (Wildman–Crippen MR) is 82.9 cm³/mol. The lowest BCUT2D eigenvalue weighted by Gasteiger charge is -2.08. The quantitative estimate of drug-likeness (QED) is 0.846. The smallest absolute Gasteiger partial charge is 0.257 e. The van der Waals surface area contributed by atoms with Crippen LogP contribution in [0.15, 0.2) is 46.9 Å². The first-order valence-corrected chi connectivity index (χ1v) is 7.12. The van der Waals surface area contributed by atoms with Gasteiger partial charge in [-0.15, -0.1) is 0 Å². The van der Waals surface area contributed by atoms with Crippen molar-refractivity contribution in [3.8, 4) is 0 Å². The maximum Gasteiger partial charge on any atom is 0.257 e. The van der Waals surface area contributed by atoms with Crippen LogP contribution in [0.4, 0.5) is 5.69 Å². The second-order valence-corrected chi connectivity index (χ2v) is 5.46. The molecule has 4 heteroatoms. The van der Waals surface area contributed by atoms with Gasteiger partial charge in [0, 0.05) is 10.2 Å². The lowest BCUT2D eigenvalue weighted by molar-refractivity contribution is 0.102. The minimum absolute atomic E-state index is 0.209. The molecule has 0 fully saturated rings. The van der Waals surface area contributed by atoms with Crippen LogP contribution in [0.5, 0.6) is 0 Å². The highest BCUT2D eigenvalue weighted by molar-refractivity contribution is 9.10. The van der Waals surface area contributed by atoms with E-state index in [0.717, 1.165) is 16.6 Å². The van der Waals surface area contributed by atoms with Gasteiger partial charge in [-0.25, -0.2) is 0 Å². The maximum atomic E-state index is 12.2. The van der Waals surface area contributed by atoms with Crippen molar-refractivity contribution in [2.75, 3.05) is 5.32 Å². The average Bonchev–Trinajstić information content (AvgIpc) is 2.41. The topological polar surface area (TPSA) is 29.1 Å². The molecule has 0 aliphatic heterocycles. The fourth-order valence-corrected chi connectivity index (χ4v) is 2.30. The van der Waals surface area contributed by atoms with Crippen molar-refractivity contribution >= 4 is 39.1 Å². The van der Waals surface area contributed by atoms with E-state index in [-0.39, 0.29) is 5.91 Å². The van der Waals surface area contributed by atoms with E-state index in [2.05, 4.69) is 28.2 Å². The van der Waals surface area contributed by atoms with Gasteiger partial charge >= 0.3 is 0 Å². The van der Waals surface area contributed by atoms with E-state index >= 15 is 0 Å². The Morgan fingerprint density at radius 2 is 2.05 bits per heavy atom. The molecule has 0 saturated carbocycles. The van der Waals surface area contributed by atoms with Gasteiger partial charge in [-0.2, -0.15) is 0 Å². The molecule has 0 spiro atoms. The van der Waals surface area contributed by atoms with Gasteiger partial charge < -0.3 is 5.32 Å². The van der Waals surface area contributed by atoms with E-state index in [4.69, 9.17) is 11.6 Å². The van der Waals surface area contributed by atoms with Crippen molar-refractivity contribution in [1.82, 2.24) is 0 Å². The van der Waals surface area contributed by atoms with Gasteiger partial charge in [0.25, 0.3) is 5.91 Å². The number of halogens is 2. The van der Waals surface area contributed by atoms with Crippen LogP contribution in [-0.4, -0.2) is 5.91 Å². The van der Waals surface area contributed by atoms with Gasteiger partial charge in [-0.3, -0.25) is 4.79 Å². The van der Waals surface area contributed by atoms with Crippen LogP contribution in [0.2, 0.25) is 5.02 Å². The fourth-order valence-electron chi connectivity index (χ4n) is 1.74. The molecule has 0 bridgehead atoms. The van der Waals surface area contributed by atoms with Crippen molar-refractivity contribution in [2.24, 2.45) is 0 Å². The fraction of sp³-hybridized carbons (Fsp3) is 0.133. The molecule has 0 heterocycles. The molecule has 1 amide bonds. The number of carbonyl (C=O) groups is 1. The molecule has 0 aromatic heterocycles. The van der Waals surface area contributed by atoms with E-state index in [1.165, 1.54) is 5.56 Å². The first kappa shape index (κ1) is 14.1. The Labute approximate surface area is 125 Å². The van der Waals surface area contributed by atoms with Crippen LogP contribution in [0, 0.1) is 0 Å². The maximum absolute atomic E-state index is 12.2. The lowest BCUT2D eigenvalue weighted by atomic mass is 10.1. The van der Waals surface area contributed by atoms with E-state index < -0.39 is 0 Å². The van der Waals surface area contributed by atoms with Gasteiger partial charge in [-0.1, -0.05) is 46.6 Å². The number of hydrogen-bond acceptors (Lipinski definition) is 1. The molecule has 0 unspecified atom stereocenters. The van der Waals surface area contributed by atoms with E-state index in [0.29, 0.717) is 10.6 Å². The van der Waals surface area contributed by atoms with Crippen LogP contribution >= 0.6 is 27.5 Å². The summed E-state index contributed by atoms with van der Waals surface area (Å²) in [5.41, 5.74) is 2.41. The first-order valence-electron chi connectivity index (χ1n) is 5.95. The third kappa shape index (κ3) is 3.58. The summed E-state index contributed by atoms with van der Waals surface area (Å²) in [6.45, 7) is 2.08. The van der Waals surface area contributed by atoms with Gasteiger partial charge in [0.2, 0.25) is 0 Å². The molecule has 2 aromatic carbocycles. The zero-order valence-electron chi connectivity index (χ0n) is 10.4. The first-order chi connectivity index (χ1) is 9.10. The predicted octanol–water partition coefficient (Wildman–Crippen LogP) is 4.92. The third-order valence-electron chi connectivity index (χ3n) is 2.77. The van der Waals surface area contributed by atoms with Crippen LogP contribution in [-0.2, 0) is 6.42 Å². The van der Waals surface area contributed by atoms with Crippen LogP contribution < -0.4 is 5.32 Å². The number of hydrogen-bond donors (Lipinski definition) is 1. The molecule has 0 atom stereocenters. The average molecular weight is 339 g/mol. The van der Waals surface area contributed by atoms with Crippen molar-refractivity contribution in [1.29, 1.82) is 0 Å². The molecule has 0 saturated heterocycles. The largest absolute Gasteiger partial charge is 0.322 e. The molecule has 19 heavy (non-hydrogen) atoms. The second-order valence-electron chi connectivity index (χ2n) is 4.13. The second kappa shape index (κ2) is 6.22. The summed E-state index contributed by atoms with van der Waals surface area (Å²) in [6.07, 6.45) is 0.932. The number of aryl methyl sites for hydroxylation is 1. The minimum Gasteiger partial charge on any atom is -0.322 e. The number of amides is 1. The zero-order valence-corrected chi connectivity index (χ0v) is 12.8. The van der Waals surface area contributed by atoms with Crippen LogP contribution in [0.3, 0.4) is 0 Å².